The second-order valence-electron chi connectivity index (χ2n) is 7.02. The highest BCUT2D eigenvalue weighted by atomic mass is 16.5. The van der Waals surface area contributed by atoms with Gasteiger partial charge in [0.15, 0.2) is 0 Å². The Kier molecular flexibility index (Phi) is 8.08. The molecular weight excluding hydrogens is 248 g/mol. The average molecular weight is 284 g/mol. The Morgan fingerprint density at radius 3 is 2.55 bits per heavy atom. The van der Waals surface area contributed by atoms with Gasteiger partial charge in [-0.2, -0.15) is 0 Å². The number of hydrogen-bond acceptors (Lipinski definition) is 3. The first kappa shape index (κ1) is 17.9. The maximum absolute atomic E-state index is 5.15. The number of hydrogen-bond donors (Lipinski definition) is 1. The third kappa shape index (κ3) is 5.71. The second-order valence-corrected chi connectivity index (χ2v) is 7.02. The van der Waals surface area contributed by atoms with Gasteiger partial charge < -0.3 is 15.0 Å². The predicted octanol–water partition coefficient (Wildman–Crippen LogP) is 3.15. The molecule has 0 aromatic carbocycles. The van der Waals surface area contributed by atoms with Crippen molar-refractivity contribution in [2.45, 2.75) is 58.9 Å². The third-order valence-electron chi connectivity index (χ3n) is 5.25. The molecule has 1 aliphatic carbocycles. The van der Waals surface area contributed by atoms with E-state index in [1.54, 1.807) is 7.11 Å². The lowest BCUT2D eigenvalue weighted by Gasteiger charge is -2.43. The zero-order chi connectivity index (χ0) is 15.0. The zero-order valence-corrected chi connectivity index (χ0v) is 14.4. The molecular formula is C17H36N2O. The number of methoxy groups -OCH3 is 1. The Morgan fingerprint density at radius 2 is 2.00 bits per heavy atom. The molecule has 0 aromatic rings. The van der Waals surface area contributed by atoms with E-state index in [9.17, 15) is 0 Å². The molecule has 1 saturated carbocycles. The predicted molar refractivity (Wildman–Crippen MR) is 87.2 cm³/mol. The molecule has 0 heterocycles. The van der Waals surface area contributed by atoms with Crippen molar-refractivity contribution in [2.24, 2.45) is 11.3 Å². The van der Waals surface area contributed by atoms with Crippen molar-refractivity contribution >= 4 is 0 Å². The van der Waals surface area contributed by atoms with E-state index in [1.807, 2.05) is 0 Å². The molecule has 0 radical (unpaired) electrons. The van der Waals surface area contributed by atoms with Gasteiger partial charge in [-0.05, 0) is 44.6 Å². The van der Waals surface area contributed by atoms with Gasteiger partial charge in [-0.25, -0.2) is 0 Å². The van der Waals surface area contributed by atoms with E-state index in [0.717, 1.165) is 25.6 Å². The van der Waals surface area contributed by atoms with Gasteiger partial charge in [-0.1, -0.05) is 26.7 Å². The van der Waals surface area contributed by atoms with Gasteiger partial charge in [0.2, 0.25) is 0 Å². The minimum atomic E-state index is 0.471. The SMILES string of the molecule is CCC(C)N(C)CC1(CNCCOC)CCC(C)CC1. The summed E-state index contributed by atoms with van der Waals surface area (Å²) in [6.45, 7) is 11.2. The quantitative estimate of drug-likeness (QED) is 0.658. The zero-order valence-electron chi connectivity index (χ0n) is 14.4. The summed E-state index contributed by atoms with van der Waals surface area (Å²) in [4.78, 5) is 2.56. The van der Waals surface area contributed by atoms with Crippen molar-refractivity contribution in [2.75, 3.05) is 40.4 Å². The van der Waals surface area contributed by atoms with Crippen LogP contribution < -0.4 is 5.32 Å². The Morgan fingerprint density at radius 1 is 1.35 bits per heavy atom. The van der Waals surface area contributed by atoms with E-state index in [1.165, 1.54) is 38.6 Å². The molecule has 1 unspecified atom stereocenters. The smallest absolute Gasteiger partial charge is 0.0587 e. The lowest BCUT2D eigenvalue weighted by Crippen LogP contribution is -2.47. The normalized spacial score (nSPS) is 28.8. The van der Waals surface area contributed by atoms with Gasteiger partial charge in [0.05, 0.1) is 6.61 Å². The maximum Gasteiger partial charge on any atom is 0.0587 e. The van der Waals surface area contributed by atoms with E-state index in [2.05, 4.69) is 38.0 Å². The van der Waals surface area contributed by atoms with Crippen LogP contribution in [0.1, 0.15) is 52.9 Å². The first-order valence-corrected chi connectivity index (χ1v) is 8.43. The second kappa shape index (κ2) is 9.01. The van der Waals surface area contributed by atoms with Crippen LogP contribution >= 0.6 is 0 Å². The first-order valence-electron chi connectivity index (χ1n) is 8.43. The summed E-state index contributed by atoms with van der Waals surface area (Å²) < 4.78 is 5.15. The van der Waals surface area contributed by atoms with Gasteiger partial charge in [0.25, 0.3) is 0 Å². The molecule has 1 fully saturated rings. The molecule has 1 rings (SSSR count). The topological polar surface area (TPSA) is 24.5 Å². The third-order valence-corrected chi connectivity index (χ3v) is 5.25. The van der Waals surface area contributed by atoms with Crippen molar-refractivity contribution < 1.29 is 4.74 Å². The van der Waals surface area contributed by atoms with Gasteiger partial charge >= 0.3 is 0 Å². The van der Waals surface area contributed by atoms with Gasteiger partial charge in [-0.15, -0.1) is 0 Å². The van der Waals surface area contributed by atoms with Crippen LogP contribution in [0.25, 0.3) is 0 Å². The number of ether oxygens (including phenoxy) is 1. The number of nitrogens with zero attached hydrogens (tertiary/aromatic N) is 1. The highest BCUT2D eigenvalue weighted by Crippen LogP contribution is 2.39. The molecule has 3 heteroatoms. The standard InChI is InChI=1S/C17H36N2O/c1-6-16(3)19(4)14-17(13-18-11-12-20-5)9-7-15(2)8-10-17/h15-16,18H,6-14H2,1-5H3. The van der Waals surface area contributed by atoms with Crippen LogP contribution in [0.3, 0.4) is 0 Å². The lowest BCUT2D eigenvalue weighted by molar-refractivity contribution is 0.0788. The van der Waals surface area contributed by atoms with Crippen LogP contribution in [0.4, 0.5) is 0 Å². The number of rotatable bonds is 9. The largest absolute Gasteiger partial charge is 0.383 e. The molecule has 0 aliphatic heterocycles. The summed E-state index contributed by atoms with van der Waals surface area (Å²) >= 11 is 0. The molecule has 20 heavy (non-hydrogen) atoms. The molecule has 1 aliphatic rings. The Bertz CT molecular complexity index is 249. The Labute approximate surface area is 126 Å². The van der Waals surface area contributed by atoms with Crippen molar-refractivity contribution in [3.63, 3.8) is 0 Å². The molecule has 0 bridgehead atoms. The Hall–Kier alpha value is -0.120. The maximum atomic E-state index is 5.15. The fraction of sp³-hybridized carbons (Fsp3) is 1.00. The summed E-state index contributed by atoms with van der Waals surface area (Å²) in [7, 11) is 4.07. The number of nitrogens with one attached hydrogen (secondary N) is 1. The molecule has 1 atom stereocenters. The fourth-order valence-electron chi connectivity index (χ4n) is 3.29. The van der Waals surface area contributed by atoms with Crippen LogP contribution in [-0.2, 0) is 4.74 Å². The Balaban J connectivity index is 2.54. The van der Waals surface area contributed by atoms with E-state index in [4.69, 9.17) is 4.74 Å². The average Bonchev–Trinajstić information content (AvgIpc) is 2.46. The van der Waals surface area contributed by atoms with E-state index in [-0.39, 0.29) is 0 Å². The van der Waals surface area contributed by atoms with Gasteiger partial charge in [0.1, 0.15) is 0 Å². The molecule has 0 aromatic heterocycles. The van der Waals surface area contributed by atoms with Crippen LogP contribution in [0.2, 0.25) is 0 Å². The van der Waals surface area contributed by atoms with E-state index >= 15 is 0 Å². The fourth-order valence-corrected chi connectivity index (χ4v) is 3.29. The summed E-state index contributed by atoms with van der Waals surface area (Å²) in [5.41, 5.74) is 0.471. The van der Waals surface area contributed by atoms with Crippen LogP contribution in [-0.4, -0.2) is 51.3 Å². The lowest BCUT2D eigenvalue weighted by atomic mass is 9.70. The highest BCUT2D eigenvalue weighted by molar-refractivity contribution is 4.89. The minimum absolute atomic E-state index is 0.471. The van der Waals surface area contributed by atoms with Crippen molar-refractivity contribution in [1.82, 2.24) is 10.2 Å². The summed E-state index contributed by atoms with van der Waals surface area (Å²) in [6, 6.07) is 0.685. The van der Waals surface area contributed by atoms with Crippen LogP contribution in [0.15, 0.2) is 0 Å². The summed E-state index contributed by atoms with van der Waals surface area (Å²) in [6.07, 6.45) is 6.75. The van der Waals surface area contributed by atoms with E-state index in [0.29, 0.717) is 11.5 Å². The van der Waals surface area contributed by atoms with Crippen molar-refractivity contribution in [1.29, 1.82) is 0 Å². The summed E-state index contributed by atoms with van der Waals surface area (Å²) in [5.74, 6) is 0.913. The molecule has 120 valence electrons. The first-order chi connectivity index (χ1) is 9.53. The van der Waals surface area contributed by atoms with Gasteiger partial charge in [0, 0.05) is 32.8 Å². The van der Waals surface area contributed by atoms with E-state index < -0.39 is 0 Å². The monoisotopic (exact) mass is 284 g/mol. The van der Waals surface area contributed by atoms with Gasteiger partial charge in [-0.3, -0.25) is 0 Å². The minimum Gasteiger partial charge on any atom is -0.383 e. The summed E-state index contributed by atoms with van der Waals surface area (Å²) in [5, 5.41) is 3.62. The highest BCUT2D eigenvalue weighted by Gasteiger charge is 2.35. The van der Waals surface area contributed by atoms with Crippen molar-refractivity contribution in [3.8, 4) is 0 Å². The molecule has 0 amide bonds. The molecule has 1 N–H and O–H groups in total. The van der Waals surface area contributed by atoms with Crippen LogP contribution in [0, 0.1) is 11.3 Å². The molecule has 0 saturated heterocycles. The van der Waals surface area contributed by atoms with Crippen LogP contribution in [0.5, 0.6) is 0 Å². The van der Waals surface area contributed by atoms with Crippen molar-refractivity contribution in [3.05, 3.63) is 0 Å². The molecule has 0 spiro atoms. The molecule has 3 nitrogen and oxygen atoms in total.